The number of benzene rings is 1. The van der Waals surface area contributed by atoms with Crippen molar-refractivity contribution >= 4 is 46.7 Å². The van der Waals surface area contributed by atoms with Crippen LogP contribution >= 0.6 is 0 Å². The van der Waals surface area contributed by atoms with Crippen LogP contribution in [0.1, 0.15) is 63.4 Å². The van der Waals surface area contributed by atoms with Gasteiger partial charge in [0.1, 0.15) is 18.1 Å². The molecule has 1 heterocycles. The molecular weight excluding hydrogens is 612 g/mol. The van der Waals surface area contributed by atoms with Gasteiger partial charge in [-0.15, -0.1) is 0 Å². The largest absolute Gasteiger partial charge is 0.481 e. The molecule has 1 aromatic heterocycles. The third-order valence-corrected chi connectivity index (χ3v) is 8.37. The number of pyridine rings is 1. The molecule has 3 rings (SSSR count). The van der Waals surface area contributed by atoms with E-state index in [9.17, 15) is 39.0 Å². The summed E-state index contributed by atoms with van der Waals surface area (Å²) in [4.78, 5) is 76.9. The Balaban J connectivity index is 1.54. The van der Waals surface area contributed by atoms with Crippen LogP contribution in [0.3, 0.4) is 0 Å². The first kappa shape index (κ1) is 36.7. The van der Waals surface area contributed by atoms with E-state index in [0.29, 0.717) is 31.7 Å². The van der Waals surface area contributed by atoms with Crippen molar-refractivity contribution in [3.8, 4) is 0 Å². The number of nitrogens with two attached hydrogens (primary N) is 1. The van der Waals surface area contributed by atoms with Crippen molar-refractivity contribution in [1.29, 1.82) is 0 Å². The molecule has 3 unspecified atom stereocenters. The number of amides is 4. The molecule has 256 valence electrons. The predicted molar refractivity (Wildman–Crippen MR) is 170 cm³/mol. The maximum absolute atomic E-state index is 13.3. The van der Waals surface area contributed by atoms with Gasteiger partial charge < -0.3 is 42.3 Å². The Bertz CT molecular complexity index is 1410. The van der Waals surface area contributed by atoms with E-state index in [-0.39, 0.29) is 50.0 Å². The fraction of sp³-hybridized carbons (Fsp3) is 0.531. The number of aromatic nitrogens is 1. The highest BCUT2D eigenvalue weighted by Crippen LogP contribution is 2.28. The lowest BCUT2D eigenvalue weighted by molar-refractivity contribution is -0.141. The fourth-order valence-electron chi connectivity index (χ4n) is 5.58. The average Bonchev–Trinajstić information content (AvgIpc) is 3.05. The van der Waals surface area contributed by atoms with Gasteiger partial charge in [0.2, 0.25) is 11.8 Å². The number of carbonyl (C=O) groups is 6. The van der Waals surface area contributed by atoms with E-state index < -0.39 is 48.5 Å². The first-order chi connectivity index (χ1) is 22.5. The second kappa shape index (κ2) is 18.4. The lowest BCUT2D eigenvalue weighted by Gasteiger charge is -2.28. The number of unbranched alkanes of at least 4 members (excludes halogenated alkanes) is 1. The molecule has 0 saturated heterocycles. The van der Waals surface area contributed by atoms with Crippen LogP contribution in [-0.2, 0) is 30.4 Å². The highest BCUT2D eigenvalue weighted by Gasteiger charge is 2.30. The van der Waals surface area contributed by atoms with E-state index in [2.05, 4.69) is 26.3 Å². The molecule has 4 amide bonds. The van der Waals surface area contributed by atoms with Crippen molar-refractivity contribution in [2.75, 3.05) is 13.1 Å². The quantitative estimate of drug-likeness (QED) is 0.106. The van der Waals surface area contributed by atoms with Crippen molar-refractivity contribution in [2.24, 2.45) is 17.6 Å². The molecule has 15 heteroatoms. The van der Waals surface area contributed by atoms with Gasteiger partial charge in [0.25, 0.3) is 0 Å². The number of carboxylic acid groups (broad SMARTS) is 3. The molecule has 1 saturated carbocycles. The van der Waals surface area contributed by atoms with Crippen molar-refractivity contribution in [1.82, 2.24) is 26.3 Å². The number of fused-ring (bicyclic) bond motifs is 1. The van der Waals surface area contributed by atoms with Gasteiger partial charge in [0.05, 0.1) is 5.52 Å². The molecule has 0 aliphatic heterocycles. The Labute approximate surface area is 272 Å². The molecule has 15 nitrogen and oxygen atoms in total. The van der Waals surface area contributed by atoms with E-state index in [1.54, 1.807) is 6.20 Å². The third kappa shape index (κ3) is 12.2. The molecule has 1 aliphatic carbocycles. The maximum atomic E-state index is 13.3. The van der Waals surface area contributed by atoms with Gasteiger partial charge in [0, 0.05) is 36.9 Å². The van der Waals surface area contributed by atoms with Gasteiger partial charge in [-0.2, -0.15) is 0 Å². The molecule has 47 heavy (non-hydrogen) atoms. The zero-order chi connectivity index (χ0) is 34.3. The van der Waals surface area contributed by atoms with Crippen LogP contribution < -0.4 is 27.0 Å². The molecule has 3 atom stereocenters. The molecular formula is C32H44N6O9. The normalized spacial score (nSPS) is 17.9. The minimum atomic E-state index is -1.50. The Morgan fingerprint density at radius 3 is 2.17 bits per heavy atom. The predicted octanol–water partition coefficient (Wildman–Crippen LogP) is 1.38. The highest BCUT2D eigenvalue weighted by atomic mass is 16.4. The monoisotopic (exact) mass is 656 g/mol. The van der Waals surface area contributed by atoms with Gasteiger partial charge in [-0.05, 0) is 81.5 Å². The second-order valence-electron chi connectivity index (χ2n) is 11.9. The van der Waals surface area contributed by atoms with Crippen LogP contribution in [0.2, 0.25) is 0 Å². The first-order valence-electron chi connectivity index (χ1n) is 15.8. The molecule has 9 N–H and O–H groups in total. The average molecular weight is 657 g/mol. The Morgan fingerprint density at radius 1 is 0.851 bits per heavy atom. The zero-order valence-corrected chi connectivity index (χ0v) is 26.2. The number of nitrogens with zero attached hydrogens (tertiary/aromatic N) is 1. The summed E-state index contributed by atoms with van der Waals surface area (Å²) in [6, 6.07) is 4.70. The minimum Gasteiger partial charge on any atom is -0.481 e. The van der Waals surface area contributed by atoms with Crippen LogP contribution in [0.5, 0.6) is 0 Å². The summed E-state index contributed by atoms with van der Waals surface area (Å²) in [6.07, 6.45) is 4.83. The van der Waals surface area contributed by atoms with Crippen LogP contribution in [0.25, 0.3) is 10.9 Å². The zero-order valence-electron chi connectivity index (χ0n) is 26.2. The minimum absolute atomic E-state index is 0.0127. The maximum Gasteiger partial charge on any atom is 0.326 e. The van der Waals surface area contributed by atoms with E-state index >= 15 is 0 Å². The van der Waals surface area contributed by atoms with Gasteiger partial charge >= 0.3 is 23.9 Å². The van der Waals surface area contributed by atoms with Crippen molar-refractivity contribution in [3.63, 3.8) is 0 Å². The molecule has 1 fully saturated rings. The fourth-order valence-corrected chi connectivity index (χ4v) is 5.58. The number of aliphatic carboxylic acids is 3. The van der Waals surface area contributed by atoms with Crippen LogP contribution in [-0.4, -0.2) is 87.3 Å². The van der Waals surface area contributed by atoms with Crippen molar-refractivity contribution < 1.29 is 44.1 Å². The van der Waals surface area contributed by atoms with Gasteiger partial charge in [-0.25, -0.2) is 14.4 Å². The number of carboxylic acids is 3. The summed E-state index contributed by atoms with van der Waals surface area (Å²) < 4.78 is 0. The summed E-state index contributed by atoms with van der Waals surface area (Å²) in [5, 5.41) is 38.5. The number of hydrogen-bond acceptors (Lipinski definition) is 8. The Kier molecular flexibility index (Phi) is 14.3. The molecule has 2 aromatic rings. The van der Waals surface area contributed by atoms with E-state index in [0.717, 1.165) is 29.3 Å². The van der Waals surface area contributed by atoms with Crippen LogP contribution in [0.4, 0.5) is 4.79 Å². The van der Waals surface area contributed by atoms with E-state index in [1.165, 1.54) is 0 Å². The molecule has 0 radical (unpaired) electrons. The molecule has 0 spiro atoms. The van der Waals surface area contributed by atoms with Gasteiger partial charge in [0.15, 0.2) is 0 Å². The SMILES string of the molecule is NCC1CCC(C(=O)NC(Cc2ccc3cccnc3c2)C(=O)NCCCCC(NC(=O)NC(CCC(=O)O)C(=O)O)C(=O)O)CC1. The molecule has 1 aromatic carbocycles. The number of carbonyl (C=O) groups excluding carboxylic acids is 3. The number of hydrogen-bond donors (Lipinski definition) is 8. The summed E-state index contributed by atoms with van der Waals surface area (Å²) in [5.74, 6) is -4.39. The van der Waals surface area contributed by atoms with Gasteiger partial charge in [-0.3, -0.25) is 19.4 Å². The summed E-state index contributed by atoms with van der Waals surface area (Å²) >= 11 is 0. The summed E-state index contributed by atoms with van der Waals surface area (Å²) in [7, 11) is 0. The lowest BCUT2D eigenvalue weighted by atomic mass is 9.81. The lowest BCUT2D eigenvalue weighted by Crippen LogP contribution is -2.51. The third-order valence-electron chi connectivity index (χ3n) is 8.37. The van der Waals surface area contributed by atoms with Gasteiger partial charge in [-0.1, -0.05) is 18.2 Å². The number of nitrogens with one attached hydrogen (secondary N) is 4. The van der Waals surface area contributed by atoms with E-state index in [4.69, 9.17) is 10.8 Å². The second-order valence-corrected chi connectivity index (χ2v) is 11.9. The van der Waals surface area contributed by atoms with Crippen molar-refractivity contribution in [2.45, 2.75) is 82.3 Å². The van der Waals surface area contributed by atoms with Crippen LogP contribution in [0.15, 0.2) is 36.5 Å². The molecule has 0 bridgehead atoms. The Hall–Kier alpha value is -4.79. The molecule has 1 aliphatic rings. The smallest absolute Gasteiger partial charge is 0.326 e. The summed E-state index contributed by atoms with van der Waals surface area (Å²) in [5.41, 5.74) is 7.38. The number of rotatable bonds is 18. The van der Waals surface area contributed by atoms with E-state index in [1.807, 2.05) is 30.3 Å². The standard InChI is InChI=1S/C32H44N6O9/c33-18-19-6-10-22(11-7-19)28(41)36-26(17-20-8-9-21-4-3-15-34-25(21)16-20)29(42)35-14-2-1-5-23(30(43)44)37-32(47)38-24(31(45)46)12-13-27(39)40/h3-4,8-9,15-16,19,22-24,26H,1-2,5-7,10-14,17-18,33H2,(H,35,42)(H,36,41)(H,39,40)(H,43,44)(H,45,46)(H2,37,38,47). The number of urea groups is 1. The highest BCUT2D eigenvalue weighted by molar-refractivity contribution is 5.89. The Morgan fingerprint density at radius 2 is 1.53 bits per heavy atom. The topological polar surface area (TPSA) is 250 Å². The van der Waals surface area contributed by atoms with Crippen molar-refractivity contribution in [3.05, 3.63) is 42.1 Å². The van der Waals surface area contributed by atoms with Crippen LogP contribution in [0, 0.1) is 11.8 Å². The first-order valence-corrected chi connectivity index (χ1v) is 15.8. The summed E-state index contributed by atoms with van der Waals surface area (Å²) in [6.45, 7) is 0.770.